The first-order valence-corrected chi connectivity index (χ1v) is 2.80. The number of hydrogen-bond donors (Lipinski definition) is 1. The van der Waals surface area contributed by atoms with Crippen molar-refractivity contribution in [1.29, 1.82) is 0 Å². The normalized spacial score (nSPS) is 9.30. The molecule has 4 heteroatoms. The van der Waals surface area contributed by atoms with Gasteiger partial charge in [-0.3, -0.25) is 4.79 Å². The largest absolute Gasteiger partial charge is 0.397 e. The maximum atomic E-state index is 10.7. The van der Waals surface area contributed by atoms with Crippen LogP contribution in [0.3, 0.4) is 0 Å². The number of anilines is 1. The third-order valence-electron chi connectivity index (χ3n) is 1.09. The first-order chi connectivity index (χ1) is 4.72. The third kappa shape index (κ3) is 1.10. The van der Waals surface area contributed by atoms with Crippen molar-refractivity contribution in [2.45, 2.75) is 6.92 Å². The van der Waals surface area contributed by atoms with Crippen LogP contribution in [-0.2, 0) is 0 Å². The highest BCUT2D eigenvalue weighted by atomic mass is 16.1. The van der Waals surface area contributed by atoms with E-state index in [0.717, 1.165) is 0 Å². The maximum Gasteiger partial charge on any atom is 0.182 e. The molecule has 1 aromatic rings. The Morgan fingerprint density at radius 1 is 1.70 bits per heavy atom. The Morgan fingerprint density at radius 2 is 2.40 bits per heavy atom. The quantitative estimate of drug-likeness (QED) is 0.564. The van der Waals surface area contributed by atoms with Crippen LogP contribution in [0.25, 0.3) is 0 Å². The molecule has 0 amide bonds. The Bertz CT molecular complexity index is 259. The lowest BCUT2D eigenvalue weighted by Crippen LogP contribution is -2.03. The van der Waals surface area contributed by atoms with Crippen LogP contribution >= 0.6 is 0 Å². The average molecular weight is 137 g/mol. The van der Waals surface area contributed by atoms with Crippen molar-refractivity contribution >= 4 is 11.5 Å². The second-order valence-electron chi connectivity index (χ2n) is 1.89. The van der Waals surface area contributed by atoms with E-state index in [1.165, 1.54) is 13.1 Å². The van der Waals surface area contributed by atoms with Gasteiger partial charge in [0.1, 0.15) is 0 Å². The number of carbonyl (C=O) groups excluding carboxylic acids is 1. The van der Waals surface area contributed by atoms with Gasteiger partial charge in [0.25, 0.3) is 0 Å². The molecule has 0 radical (unpaired) electrons. The van der Waals surface area contributed by atoms with Crippen LogP contribution in [0.1, 0.15) is 17.4 Å². The molecule has 0 unspecified atom stereocenters. The molecule has 1 heterocycles. The van der Waals surface area contributed by atoms with Gasteiger partial charge in [0.05, 0.1) is 11.9 Å². The molecule has 0 fully saturated rings. The van der Waals surface area contributed by atoms with Gasteiger partial charge in [-0.1, -0.05) is 0 Å². The molecule has 0 aliphatic rings. The summed E-state index contributed by atoms with van der Waals surface area (Å²) in [6.07, 6.45) is 1.45. The van der Waals surface area contributed by atoms with Gasteiger partial charge in [0.2, 0.25) is 0 Å². The highest BCUT2D eigenvalue weighted by Gasteiger charge is 2.03. The van der Waals surface area contributed by atoms with Crippen molar-refractivity contribution in [3.05, 3.63) is 18.0 Å². The SMILES string of the molecule is CC(=O)c1nnccc1N. The number of rotatable bonds is 1. The van der Waals surface area contributed by atoms with Crippen LogP contribution in [0.5, 0.6) is 0 Å². The summed E-state index contributed by atoms with van der Waals surface area (Å²) in [7, 11) is 0. The zero-order valence-corrected chi connectivity index (χ0v) is 5.53. The van der Waals surface area contributed by atoms with Gasteiger partial charge in [-0.25, -0.2) is 0 Å². The third-order valence-corrected chi connectivity index (χ3v) is 1.09. The van der Waals surface area contributed by atoms with Gasteiger partial charge in [0.15, 0.2) is 11.5 Å². The van der Waals surface area contributed by atoms with E-state index >= 15 is 0 Å². The van der Waals surface area contributed by atoms with E-state index in [0.29, 0.717) is 5.69 Å². The van der Waals surface area contributed by atoms with Gasteiger partial charge in [-0.05, 0) is 6.07 Å². The van der Waals surface area contributed by atoms with Crippen molar-refractivity contribution in [3.8, 4) is 0 Å². The molecule has 0 aliphatic carbocycles. The van der Waals surface area contributed by atoms with Crippen molar-refractivity contribution in [1.82, 2.24) is 10.2 Å². The van der Waals surface area contributed by atoms with E-state index < -0.39 is 0 Å². The van der Waals surface area contributed by atoms with Crippen molar-refractivity contribution in [3.63, 3.8) is 0 Å². The number of aromatic nitrogens is 2. The molecular weight excluding hydrogens is 130 g/mol. The Morgan fingerprint density at radius 3 is 2.80 bits per heavy atom. The number of nitrogens with zero attached hydrogens (tertiary/aromatic N) is 2. The highest BCUT2D eigenvalue weighted by Crippen LogP contribution is 2.04. The van der Waals surface area contributed by atoms with Crippen molar-refractivity contribution in [2.24, 2.45) is 0 Å². The van der Waals surface area contributed by atoms with Gasteiger partial charge < -0.3 is 5.73 Å². The van der Waals surface area contributed by atoms with E-state index in [4.69, 9.17) is 5.73 Å². The van der Waals surface area contributed by atoms with E-state index in [1.807, 2.05) is 0 Å². The Balaban J connectivity index is 3.15. The molecule has 4 nitrogen and oxygen atoms in total. The molecule has 0 saturated heterocycles. The minimum Gasteiger partial charge on any atom is -0.397 e. The fraction of sp³-hybridized carbons (Fsp3) is 0.167. The zero-order valence-electron chi connectivity index (χ0n) is 5.53. The van der Waals surface area contributed by atoms with E-state index in [1.54, 1.807) is 6.07 Å². The van der Waals surface area contributed by atoms with Gasteiger partial charge in [-0.2, -0.15) is 5.10 Å². The minimum absolute atomic E-state index is 0.161. The molecule has 0 atom stereocenters. The number of ketones is 1. The summed E-state index contributed by atoms with van der Waals surface area (Å²) < 4.78 is 0. The molecule has 0 bridgehead atoms. The van der Waals surface area contributed by atoms with E-state index in [2.05, 4.69) is 10.2 Å². The average Bonchev–Trinajstić information content (AvgIpc) is 1.88. The Hall–Kier alpha value is -1.45. The fourth-order valence-corrected chi connectivity index (χ4v) is 0.615. The Kier molecular flexibility index (Phi) is 1.62. The molecule has 10 heavy (non-hydrogen) atoms. The summed E-state index contributed by atoms with van der Waals surface area (Å²) in [5, 5.41) is 7.07. The van der Waals surface area contributed by atoms with E-state index in [9.17, 15) is 4.79 Å². The number of Topliss-reactive ketones (excluding diaryl/α,β-unsaturated/α-hetero) is 1. The number of nitrogens with two attached hydrogens (primary N) is 1. The summed E-state index contributed by atoms with van der Waals surface area (Å²) in [4.78, 5) is 10.7. The van der Waals surface area contributed by atoms with Crippen molar-refractivity contribution in [2.75, 3.05) is 5.73 Å². The molecular formula is C6H7N3O. The summed E-state index contributed by atoms with van der Waals surface area (Å²) in [6.45, 7) is 1.40. The number of hydrogen-bond acceptors (Lipinski definition) is 4. The molecule has 2 N–H and O–H groups in total. The first kappa shape index (κ1) is 6.67. The second-order valence-corrected chi connectivity index (χ2v) is 1.89. The van der Waals surface area contributed by atoms with Gasteiger partial charge in [-0.15, -0.1) is 5.10 Å². The van der Waals surface area contributed by atoms with Crippen LogP contribution in [0.15, 0.2) is 12.3 Å². The summed E-state index contributed by atoms with van der Waals surface area (Å²) in [6, 6.07) is 1.55. The lowest BCUT2D eigenvalue weighted by molar-refractivity contribution is 0.101. The van der Waals surface area contributed by atoms with Crippen LogP contribution in [0.2, 0.25) is 0 Å². The topological polar surface area (TPSA) is 68.9 Å². The molecule has 52 valence electrons. The van der Waals surface area contributed by atoms with Gasteiger partial charge >= 0.3 is 0 Å². The summed E-state index contributed by atoms with van der Waals surface area (Å²) in [5.41, 5.74) is 6.01. The fourth-order valence-electron chi connectivity index (χ4n) is 0.615. The minimum atomic E-state index is -0.161. The Labute approximate surface area is 58.1 Å². The lowest BCUT2D eigenvalue weighted by Gasteiger charge is -1.95. The van der Waals surface area contributed by atoms with E-state index in [-0.39, 0.29) is 11.5 Å². The van der Waals surface area contributed by atoms with Gasteiger partial charge in [0, 0.05) is 6.92 Å². The first-order valence-electron chi connectivity index (χ1n) is 2.80. The number of carbonyl (C=O) groups is 1. The summed E-state index contributed by atoms with van der Waals surface area (Å²) >= 11 is 0. The zero-order chi connectivity index (χ0) is 7.56. The maximum absolute atomic E-state index is 10.7. The lowest BCUT2D eigenvalue weighted by atomic mass is 10.2. The predicted octanol–water partition coefficient (Wildman–Crippen LogP) is 0.261. The predicted molar refractivity (Wildman–Crippen MR) is 36.4 cm³/mol. The van der Waals surface area contributed by atoms with Crippen LogP contribution in [-0.4, -0.2) is 16.0 Å². The van der Waals surface area contributed by atoms with Crippen LogP contribution in [0, 0.1) is 0 Å². The smallest absolute Gasteiger partial charge is 0.182 e. The molecule has 0 spiro atoms. The standard InChI is InChI=1S/C6H7N3O/c1-4(10)6-5(7)2-3-8-9-6/h2-3H,1H3,(H2,7,8). The monoisotopic (exact) mass is 137 g/mol. The van der Waals surface area contributed by atoms with Crippen molar-refractivity contribution < 1.29 is 4.79 Å². The number of nitrogen functional groups attached to an aromatic ring is 1. The molecule has 1 rings (SSSR count). The second kappa shape index (κ2) is 2.43. The molecule has 1 aromatic heterocycles. The molecule has 0 saturated carbocycles. The van der Waals surface area contributed by atoms with Crippen LogP contribution < -0.4 is 5.73 Å². The highest BCUT2D eigenvalue weighted by molar-refractivity contribution is 5.96. The molecule has 0 aliphatic heterocycles. The molecule has 0 aromatic carbocycles. The van der Waals surface area contributed by atoms with Crippen LogP contribution in [0.4, 0.5) is 5.69 Å². The summed E-state index contributed by atoms with van der Waals surface area (Å²) in [5.74, 6) is -0.161.